The smallest absolute Gasteiger partial charge is 0.225 e. The summed E-state index contributed by atoms with van der Waals surface area (Å²) in [4.78, 5) is 25.3. The lowest BCUT2D eigenvalue weighted by molar-refractivity contribution is -0.132. The van der Waals surface area contributed by atoms with Crippen LogP contribution in [0.15, 0.2) is 12.5 Å². The first-order chi connectivity index (χ1) is 10.7. The summed E-state index contributed by atoms with van der Waals surface area (Å²) in [6.07, 6.45) is 6.53. The molecule has 2 aromatic rings. The minimum absolute atomic E-state index is 0.302. The zero-order valence-electron chi connectivity index (χ0n) is 12.8. The van der Waals surface area contributed by atoms with Gasteiger partial charge in [-0.1, -0.05) is 0 Å². The van der Waals surface area contributed by atoms with Gasteiger partial charge in [0.25, 0.3) is 0 Å². The van der Waals surface area contributed by atoms with Crippen LogP contribution in [0.3, 0.4) is 0 Å². The lowest BCUT2D eigenvalue weighted by Crippen LogP contribution is -2.36. The van der Waals surface area contributed by atoms with Gasteiger partial charge in [0.2, 0.25) is 5.91 Å². The molecule has 116 valence electrons. The van der Waals surface area contributed by atoms with E-state index >= 15 is 0 Å². The first kappa shape index (κ1) is 13.5. The second-order valence-electron chi connectivity index (χ2n) is 6.14. The third-order valence-electron chi connectivity index (χ3n) is 4.54. The Labute approximate surface area is 128 Å². The Morgan fingerprint density at radius 2 is 2.05 bits per heavy atom. The van der Waals surface area contributed by atoms with Gasteiger partial charge >= 0.3 is 0 Å². The largest absolute Gasteiger partial charge is 0.354 e. The third-order valence-corrected chi connectivity index (χ3v) is 4.54. The van der Waals surface area contributed by atoms with Gasteiger partial charge in [-0.3, -0.25) is 9.48 Å². The number of aryl methyl sites for hydroxylation is 1. The van der Waals surface area contributed by atoms with Crippen molar-refractivity contribution in [2.75, 3.05) is 31.1 Å². The molecule has 22 heavy (non-hydrogen) atoms. The predicted molar refractivity (Wildman–Crippen MR) is 82.4 cm³/mol. The fourth-order valence-corrected chi connectivity index (χ4v) is 3.14. The van der Waals surface area contributed by atoms with Crippen LogP contribution in [0.4, 0.5) is 5.82 Å². The van der Waals surface area contributed by atoms with E-state index in [2.05, 4.69) is 20.0 Å². The molecule has 4 rings (SSSR count). The maximum Gasteiger partial charge on any atom is 0.225 e. The molecule has 3 heterocycles. The molecule has 7 heteroatoms. The highest BCUT2D eigenvalue weighted by Crippen LogP contribution is 2.31. The number of hydrogen-bond acceptors (Lipinski definition) is 5. The SMILES string of the molecule is Cn1ncc2c(N3CCCN(C(=O)C4CC4)CC3)ncnc21. The number of aromatic nitrogens is 4. The van der Waals surface area contributed by atoms with E-state index in [1.807, 2.05) is 18.1 Å². The molecular formula is C15H20N6O. The molecule has 0 bridgehead atoms. The van der Waals surface area contributed by atoms with Gasteiger partial charge in [-0.15, -0.1) is 0 Å². The lowest BCUT2D eigenvalue weighted by Gasteiger charge is -2.23. The van der Waals surface area contributed by atoms with Crippen molar-refractivity contribution >= 4 is 22.8 Å². The summed E-state index contributed by atoms with van der Waals surface area (Å²) < 4.78 is 1.77. The van der Waals surface area contributed by atoms with Crippen molar-refractivity contribution in [1.29, 1.82) is 0 Å². The molecule has 0 aromatic carbocycles. The molecule has 2 aromatic heterocycles. The molecule has 2 aliphatic rings. The van der Waals surface area contributed by atoms with Gasteiger partial charge < -0.3 is 9.80 Å². The van der Waals surface area contributed by atoms with Crippen LogP contribution in [0, 0.1) is 5.92 Å². The molecule has 0 radical (unpaired) electrons. The molecule has 1 amide bonds. The minimum atomic E-state index is 0.302. The summed E-state index contributed by atoms with van der Waals surface area (Å²) >= 11 is 0. The molecule has 0 N–H and O–H groups in total. The second kappa shape index (κ2) is 5.23. The zero-order valence-corrected chi connectivity index (χ0v) is 12.8. The van der Waals surface area contributed by atoms with Crippen molar-refractivity contribution in [3.05, 3.63) is 12.5 Å². The first-order valence-corrected chi connectivity index (χ1v) is 7.90. The summed E-state index contributed by atoms with van der Waals surface area (Å²) in [7, 11) is 1.89. The Hall–Kier alpha value is -2.18. The number of nitrogens with zero attached hydrogens (tertiary/aromatic N) is 6. The van der Waals surface area contributed by atoms with E-state index in [-0.39, 0.29) is 0 Å². The number of hydrogen-bond donors (Lipinski definition) is 0. The topological polar surface area (TPSA) is 67.2 Å². The van der Waals surface area contributed by atoms with Crippen LogP contribution in [0.1, 0.15) is 19.3 Å². The molecule has 0 unspecified atom stereocenters. The molecule has 1 aliphatic heterocycles. The van der Waals surface area contributed by atoms with E-state index < -0.39 is 0 Å². The molecule has 1 saturated carbocycles. The van der Waals surface area contributed by atoms with Gasteiger partial charge in [0, 0.05) is 39.1 Å². The van der Waals surface area contributed by atoms with E-state index in [4.69, 9.17) is 0 Å². The van der Waals surface area contributed by atoms with Gasteiger partial charge in [0.1, 0.15) is 12.1 Å². The summed E-state index contributed by atoms with van der Waals surface area (Å²) in [6.45, 7) is 3.36. The van der Waals surface area contributed by atoms with Crippen molar-refractivity contribution in [2.24, 2.45) is 13.0 Å². The summed E-state index contributed by atoms with van der Waals surface area (Å²) in [6, 6.07) is 0. The van der Waals surface area contributed by atoms with Crippen LogP contribution >= 0.6 is 0 Å². The van der Waals surface area contributed by atoms with E-state index in [1.165, 1.54) is 0 Å². The number of amides is 1. The molecular weight excluding hydrogens is 280 g/mol. The third kappa shape index (κ3) is 2.30. The minimum Gasteiger partial charge on any atom is -0.354 e. The number of carbonyl (C=O) groups excluding carboxylic acids is 1. The number of anilines is 1. The predicted octanol–water partition coefficient (Wildman–Crippen LogP) is 0.812. The molecule has 0 spiro atoms. The van der Waals surface area contributed by atoms with Crippen LogP contribution in [-0.4, -0.2) is 56.7 Å². The Bertz CT molecular complexity index is 707. The highest BCUT2D eigenvalue weighted by molar-refractivity contribution is 5.86. The van der Waals surface area contributed by atoms with E-state index in [0.717, 1.165) is 62.3 Å². The van der Waals surface area contributed by atoms with Crippen LogP contribution in [0.2, 0.25) is 0 Å². The lowest BCUT2D eigenvalue weighted by atomic mass is 10.3. The van der Waals surface area contributed by atoms with E-state index in [1.54, 1.807) is 11.0 Å². The monoisotopic (exact) mass is 300 g/mol. The maximum atomic E-state index is 12.2. The Morgan fingerprint density at radius 1 is 1.18 bits per heavy atom. The van der Waals surface area contributed by atoms with Gasteiger partial charge in [0.05, 0.1) is 11.6 Å². The number of carbonyl (C=O) groups is 1. The fourth-order valence-electron chi connectivity index (χ4n) is 3.14. The van der Waals surface area contributed by atoms with Gasteiger partial charge in [-0.05, 0) is 19.3 Å². The van der Waals surface area contributed by atoms with Crippen LogP contribution < -0.4 is 4.90 Å². The molecule has 1 aliphatic carbocycles. The maximum absolute atomic E-state index is 12.2. The van der Waals surface area contributed by atoms with Crippen molar-refractivity contribution in [1.82, 2.24) is 24.6 Å². The molecule has 1 saturated heterocycles. The average Bonchev–Trinajstić information content (AvgIpc) is 3.34. The summed E-state index contributed by atoms with van der Waals surface area (Å²) in [5.74, 6) is 1.57. The zero-order chi connectivity index (χ0) is 15.1. The van der Waals surface area contributed by atoms with Crippen molar-refractivity contribution < 1.29 is 4.79 Å². The quantitative estimate of drug-likeness (QED) is 0.821. The Kier molecular flexibility index (Phi) is 3.20. The Balaban J connectivity index is 1.56. The second-order valence-corrected chi connectivity index (χ2v) is 6.14. The first-order valence-electron chi connectivity index (χ1n) is 7.90. The number of rotatable bonds is 2. The van der Waals surface area contributed by atoms with Gasteiger partial charge in [-0.2, -0.15) is 5.10 Å². The molecule has 7 nitrogen and oxygen atoms in total. The van der Waals surface area contributed by atoms with Crippen LogP contribution in [-0.2, 0) is 11.8 Å². The van der Waals surface area contributed by atoms with Crippen molar-refractivity contribution in [3.8, 4) is 0 Å². The van der Waals surface area contributed by atoms with Crippen molar-refractivity contribution in [2.45, 2.75) is 19.3 Å². The Morgan fingerprint density at radius 3 is 2.86 bits per heavy atom. The van der Waals surface area contributed by atoms with Crippen LogP contribution in [0.5, 0.6) is 0 Å². The summed E-state index contributed by atoms with van der Waals surface area (Å²) in [5, 5.41) is 5.25. The number of fused-ring (bicyclic) bond motifs is 1. The molecule has 2 fully saturated rings. The van der Waals surface area contributed by atoms with E-state index in [0.29, 0.717) is 11.8 Å². The van der Waals surface area contributed by atoms with Gasteiger partial charge in [-0.25, -0.2) is 9.97 Å². The highest BCUT2D eigenvalue weighted by Gasteiger charge is 2.34. The standard InChI is InChI=1S/C15H20N6O/c1-19-13-12(9-18-19)14(17-10-16-13)20-5-2-6-21(8-7-20)15(22)11-3-4-11/h9-11H,2-8H2,1H3. The van der Waals surface area contributed by atoms with E-state index in [9.17, 15) is 4.79 Å². The van der Waals surface area contributed by atoms with Crippen molar-refractivity contribution in [3.63, 3.8) is 0 Å². The highest BCUT2D eigenvalue weighted by atomic mass is 16.2. The average molecular weight is 300 g/mol. The summed E-state index contributed by atoms with van der Waals surface area (Å²) in [5.41, 5.74) is 0.847. The molecule has 0 atom stereocenters. The van der Waals surface area contributed by atoms with Crippen LogP contribution in [0.25, 0.3) is 11.0 Å². The normalized spacial score (nSPS) is 19.5. The van der Waals surface area contributed by atoms with Gasteiger partial charge in [0.15, 0.2) is 5.65 Å². The fraction of sp³-hybridized carbons (Fsp3) is 0.600.